The summed E-state index contributed by atoms with van der Waals surface area (Å²) in [5, 5.41) is 2.93. The van der Waals surface area contributed by atoms with Crippen LogP contribution in [0.15, 0.2) is 12.1 Å². The van der Waals surface area contributed by atoms with Gasteiger partial charge < -0.3 is 10.1 Å². The number of halogens is 3. The standard InChI is InChI=1S/C14H18F3NO2/c1-3-5-18-13(8-14(19)20-4-2)9-6-11(16)12(17)7-10(9)15/h6-7,13,18H,3-5,8H2,1-2H3. The molecule has 20 heavy (non-hydrogen) atoms. The van der Waals surface area contributed by atoms with Gasteiger partial charge in [0.25, 0.3) is 0 Å². The van der Waals surface area contributed by atoms with Gasteiger partial charge >= 0.3 is 5.97 Å². The minimum atomic E-state index is -1.25. The highest BCUT2D eigenvalue weighted by molar-refractivity contribution is 5.70. The first-order valence-electron chi connectivity index (χ1n) is 6.53. The number of hydrogen-bond acceptors (Lipinski definition) is 3. The fourth-order valence-electron chi connectivity index (χ4n) is 1.80. The smallest absolute Gasteiger partial charge is 0.307 e. The van der Waals surface area contributed by atoms with Gasteiger partial charge in [0.2, 0.25) is 0 Å². The van der Waals surface area contributed by atoms with Gasteiger partial charge in [-0.25, -0.2) is 13.2 Å². The summed E-state index contributed by atoms with van der Waals surface area (Å²) < 4.78 is 44.7. The van der Waals surface area contributed by atoms with Crippen LogP contribution in [0.1, 0.15) is 38.3 Å². The number of carbonyl (C=O) groups is 1. The molecule has 0 aliphatic rings. The maximum atomic E-state index is 13.7. The Kier molecular flexibility index (Phi) is 6.51. The SMILES string of the molecule is CCCNC(CC(=O)OCC)c1cc(F)c(F)cc1F. The Bertz CT molecular complexity index is 466. The van der Waals surface area contributed by atoms with Crippen LogP contribution < -0.4 is 5.32 Å². The lowest BCUT2D eigenvalue weighted by atomic mass is 10.0. The number of ether oxygens (including phenoxy) is 1. The molecule has 0 heterocycles. The summed E-state index contributed by atoms with van der Waals surface area (Å²) in [6, 6.07) is 0.511. The van der Waals surface area contributed by atoms with Crippen LogP contribution in [0.5, 0.6) is 0 Å². The fraction of sp³-hybridized carbons (Fsp3) is 0.500. The van der Waals surface area contributed by atoms with Crippen LogP contribution in [0.2, 0.25) is 0 Å². The number of rotatable bonds is 7. The molecule has 1 atom stereocenters. The summed E-state index contributed by atoms with van der Waals surface area (Å²) in [6.45, 7) is 4.28. The Morgan fingerprint density at radius 2 is 1.85 bits per heavy atom. The minimum absolute atomic E-state index is 0.0783. The van der Waals surface area contributed by atoms with E-state index in [0.717, 1.165) is 12.5 Å². The Hall–Kier alpha value is -1.56. The van der Waals surface area contributed by atoms with Crippen molar-refractivity contribution in [2.45, 2.75) is 32.7 Å². The van der Waals surface area contributed by atoms with Crippen molar-refractivity contribution in [3.63, 3.8) is 0 Å². The number of esters is 1. The third-order valence-corrected chi connectivity index (χ3v) is 2.73. The highest BCUT2D eigenvalue weighted by Gasteiger charge is 2.21. The van der Waals surface area contributed by atoms with Crippen LogP contribution in [-0.4, -0.2) is 19.1 Å². The van der Waals surface area contributed by atoms with E-state index in [2.05, 4.69) is 5.32 Å². The van der Waals surface area contributed by atoms with Gasteiger partial charge in [-0.15, -0.1) is 0 Å². The Morgan fingerprint density at radius 3 is 2.45 bits per heavy atom. The first-order chi connectivity index (χ1) is 9.49. The largest absolute Gasteiger partial charge is 0.466 e. The van der Waals surface area contributed by atoms with E-state index in [1.807, 2.05) is 6.92 Å². The van der Waals surface area contributed by atoms with Crippen LogP contribution in [0.4, 0.5) is 13.2 Å². The summed E-state index contributed by atoms with van der Waals surface area (Å²) in [5.41, 5.74) is -0.0783. The fourth-order valence-corrected chi connectivity index (χ4v) is 1.80. The third kappa shape index (κ3) is 4.52. The molecule has 112 valence electrons. The van der Waals surface area contributed by atoms with Crippen molar-refractivity contribution in [2.75, 3.05) is 13.2 Å². The van der Waals surface area contributed by atoms with Crippen molar-refractivity contribution in [3.8, 4) is 0 Å². The lowest BCUT2D eigenvalue weighted by Crippen LogP contribution is -2.26. The van der Waals surface area contributed by atoms with E-state index in [4.69, 9.17) is 4.74 Å². The molecule has 0 bridgehead atoms. The molecule has 0 aliphatic carbocycles. The molecule has 6 heteroatoms. The zero-order valence-electron chi connectivity index (χ0n) is 11.5. The molecule has 0 spiro atoms. The highest BCUT2D eigenvalue weighted by Crippen LogP contribution is 2.23. The molecule has 0 aromatic heterocycles. The van der Waals surface area contributed by atoms with Crippen molar-refractivity contribution in [3.05, 3.63) is 35.1 Å². The number of nitrogens with one attached hydrogen (secondary N) is 1. The molecule has 0 radical (unpaired) electrons. The first-order valence-corrected chi connectivity index (χ1v) is 6.53. The maximum absolute atomic E-state index is 13.7. The van der Waals surface area contributed by atoms with Crippen molar-refractivity contribution < 1.29 is 22.7 Å². The van der Waals surface area contributed by atoms with Gasteiger partial charge in [0.15, 0.2) is 11.6 Å². The number of carbonyl (C=O) groups excluding carboxylic acids is 1. The zero-order valence-corrected chi connectivity index (χ0v) is 11.5. The van der Waals surface area contributed by atoms with E-state index in [-0.39, 0.29) is 18.6 Å². The van der Waals surface area contributed by atoms with Gasteiger partial charge in [0, 0.05) is 17.7 Å². The quantitative estimate of drug-likeness (QED) is 0.619. The van der Waals surface area contributed by atoms with Gasteiger partial charge in [-0.2, -0.15) is 0 Å². The average Bonchev–Trinajstić information content (AvgIpc) is 2.39. The molecular formula is C14H18F3NO2. The van der Waals surface area contributed by atoms with E-state index in [1.54, 1.807) is 6.92 Å². The average molecular weight is 289 g/mol. The van der Waals surface area contributed by atoms with Crippen LogP contribution in [-0.2, 0) is 9.53 Å². The van der Waals surface area contributed by atoms with E-state index in [1.165, 1.54) is 0 Å². The molecule has 0 saturated carbocycles. The van der Waals surface area contributed by atoms with Gasteiger partial charge in [-0.05, 0) is 26.0 Å². The molecule has 1 aromatic carbocycles. The number of hydrogen-bond donors (Lipinski definition) is 1. The summed E-state index contributed by atoms with van der Waals surface area (Å²) in [5.74, 6) is -3.81. The Morgan fingerprint density at radius 1 is 1.20 bits per heavy atom. The molecule has 1 rings (SSSR count). The van der Waals surface area contributed by atoms with Gasteiger partial charge in [0.1, 0.15) is 5.82 Å². The highest BCUT2D eigenvalue weighted by atomic mass is 19.2. The first kappa shape index (κ1) is 16.5. The van der Waals surface area contributed by atoms with Gasteiger partial charge in [-0.1, -0.05) is 6.92 Å². The van der Waals surface area contributed by atoms with Gasteiger partial charge in [0.05, 0.1) is 13.0 Å². The molecule has 1 unspecified atom stereocenters. The molecule has 1 aromatic rings. The second kappa shape index (κ2) is 7.89. The Balaban J connectivity index is 2.97. The van der Waals surface area contributed by atoms with E-state index >= 15 is 0 Å². The zero-order chi connectivity index (χ0) is 15.1. The monoisotopic (exact) mass is 289 g/mol. The summed E-state index contributed by atoms with van der Waals surface area (Å²) in [6.07, 6.45) is 0.612. The normalized spacial score (nSPS) is 12.2. The predicted octanol–water partition coefficient (Wildman–Crippen LogP) is 3.10. The molecule has 0 saturated heterocycles. The Labute approximate surface area is 116 Å². The molecule has 3 nitrogen and oxygen atoms in total. The van der Waals surface area contributed by atoms with Crippen molar-refractivity contribution in [2.24, 2.45) is 0 Å². The third-order valence-electron chi connectivity index (χ3n) is 2.73. The summed E-state index contributed by atoms with van der Waals surface area (Å²) >= 11 is 0. The van der Waals surface area contributed by atoms with E-state index < -0.39 is 29.5 Å². The van der Waals surface area contributed by atoms with Crippen molar-refractivity contribution in [1.29, 1.82) is 0 Å². The van der Waals surface area contributed by atoms with Crippen molar-refractivity contribution >= 4 is 5.97 Å². The lowest BCUT2D eigenvalue weighted by Gasteiger charge is -2.19. The molecule has 0 aliphatic heterocycles. The second-order valence-electron chi connectivity index (χ2n) is 4.30. The van der Waals surface area contributed by atoms with E-state index in [0.29, 0.717) is 12.6 Å². The van der Waals surface area contributed by atoms with Crippen molar-refractivity contribution in [1.82, 2.24) is 5.32 Å². The molecule has 0 fully saturated rings. The minimum Gasteiger partial charge on any atom is -0.466 e. The molecular weight excluding hydrogens is 271 g/mol. The molecule has 0 amide bonds. The van der Waals surface area contributed by atoms with Crippen LogP contribution in [0, 0.1) is 17.5 Å². The summed E-state index contributed by atoms with van der Waals surface area (Å²) in [7, 11) is 0. The van der Waals surface area contributed by atoms with E-state index in [9.17, 15) is 18.0 Å². The molecule has 1 N–H and O–H groups in total. The van der Waals surface area contributed by atoms with Crippen LogP contribution in [0.3, 0.4) is 0 Å². The lowest BCUT2D eigenvalue weighted by molar-refractivity contribution is -0.143. The van der Waals surface area contributed by atoms with Gasteiger partial charge in [-0.3, -0.25) is 4.79 Å². The predicted molar refractivity (Wildman–Crippen MR) is 68.6 cm³/mol. The number of benzene rings is 1. The maximum Gasteiger partial charge on any atom is 0.307 e. The van der Waals surface area contributed by atoms with Crippen LogP contribution >= 0.6 is 0 Å². The topological polar surface area (TPSA) is 38.3 Å². The van der Waals surface area contributed by atoms with Crippen LogP contribution in [0.25, 0.3) is 0 Å². The summed E-state index contributed by atoms with van der Waals surface area (Å²) in [4.78, 5) is 11.5. The second-order valence-corrected chi connectivity index (χ2v) is 4.30.